The van der Waals surface area contributed by atoms with E-state index in [1.807, 2.05) is 45.9 Å². The molecule has 1 aromatic rings. The van der Waals surface area contributed by atoms with Crippen LogP contribution in [-0.4, -0.2) is 13.7 Å². The summed E-state index contributed by atoms with van der Waals surface area (Å²) in [5.74, 6) is 0. The summed E-state index contributed by atoms with van der Waals surface area (Å²) in [5, 5.41) is -0.171. The monoisotopic (exact) mass is 308 g/mol. The van der Waals surface area contributed by atoms with E-state index in [9.17, 15) is 8.42 Å². The second-order valence-electron chi connectivity index (χ2n) is 5.30. The predicted molar refractivity (Wildman–Crippen MR) is 91.2 cm³/mol. The minimum Gasteiger partial charge on any atom is -0.223 e. The van der Waals surface area contributed by atoms with E-state index < -0.39 is 9.84 Å². The number of hydrogen-bond donors (Lipinski definition) is 0. The first-order chi connectivity index (χ1) is 10.1. The van der Waals surface area contributed by atoms with Crippen LogP contribution in [0.25, 0.3) is 5.57 Å². The molecule has 1 aromatic carbocycles. The van der Waals surface area contributed by atoms with E-state index in [1.165, 1.54) is 12.0 Å². The average molecular weight is 308 g/mol. The van der Waals surface area contributed by atoms with E-state index in [2.05, 4.69) is 0 Å². The molecule has 0 atom stereocenters. The third kappa shape index (κ3) is 4.44. The van der Waals surface area contributed by atoms with Gasteiger partial charge in [-0.2, -0.15) is 0 Å². The second kappa shape index (κ2) is 8.38. The van der Waals surface area contributed by atoms with Crippen LogP contribution in [0.4, 0.5) is 0 Å². The van der Waals surface area contributed by atoms with Gasteiger partial charge in [0.1, 0.15) is 0 Å². The Morgan fingerprint density at radius 3 is 2.05 bits per heavy atom. The lowest BCUT2D eigenvalue weighted by atomic mass is 10.0. The van der Waals surface area contributed by atoms with E-state index >= 15 is 0 Å². The SMILES string of the molecule is C/C=C(\C)c1ccc(S(=O)(=O)C2CCCCC2)cc1.CC. The first-order valence-electron chi connectivity index (χ1n) is 8.03. The molecule has 0 spiro atoms. The largest absolute Gasteiger partial charge is 0.223 e. The van der Waals surface area contributed by atoms with E-state index in [0.717, 1.165) is 31.2 Å². The van der Waals surface area contributed by atoms with Crippen LogP contribution in [0.15, 0.2) is 35.2 Å². The maximum absolute atomic E-state index is 12.5. The maximum Gasteiger partial charge on any atom is 0.181 e. The molecule has 0 bridgehead atoms. The van der Waals surface area contributed by atoms with Gasteiger partial charge in [0.15, 0.2) is 9.84 Å². The third-order valence-electron chi connectivity index (χ3n) is 4.06. The van der Waals surface area contributed by atoms with Gasteiger partial charge in [0.25, 0.3) is 0 Å². The van der Waals surface area contributed by atoms with E-state index in [-0.39, 0.29) is 5.25 Å². The van der Waals surface area contributed by atoms with Crippen molar-refractivity contribution in [1.82, 2.24) is 0 Å². The third-order valence-corrected chi connectivity index (χ3v) is 6.34. The van der Waals surface area contributed by atoms with Gasteiger partial charge in [-0.05, 0) is 50.0 Å². The number of rotatable bonds is 3. The van der Waals surface area contributed by atoms with E-state index in [4.69, 9.17) is 0 Å². The molecule has 2 nitrogen and oxygen atoms in total. The lowest BCUT2D eigenvalue weighted by molar-refractivity contribution is 0.483. The van der Waals surface area contributed by atoms with Crippen LogP contribution in [0.2, 0.25) is 0 Å². The summed E-state index contributed by atoms with van der Waals surface area (Å²) in [6.07, 6.45) is 6.92. The van der Waals surface area contributed by atoms with Crippen LogP contribution < -0.4 is 0 Å². The number of allylic oxidation sites excluding steroid dienone is 2. The van der Waals surface area contributed by atoms with Crippen LogP contribution in [0.5, 0.6) is 0 Å². The van der Waals surface area contributed by atoms with Gasteiger partial charge in [-0.25, -0.2) is 8.42 Å². The van der Waals surface area contributed by atoms with Crippen LogP contribution in [0, 0.1) is 0 Å². The van der Waals surface area contributed by atoms with Crippen LogP contribution in [0.1, 0.15) is 65.4 Å². The average Bonchev–Trinajstić information content (AvgIpc) is 2.57. The van der Waals surface area contributed by atoms with E-state index in [1.54, 1.807) is 12.1 Å². The molecule has 3 heteroatoms. The van der Waals surface area contributed by atoms with E-state index in [0.29, 0.717) is 4.90 Å². The molecule has 0 saturated heterocycles. The van der Waals surface area contributed by atoms with Gasteiger partial charge in [-0.3, -0.25) is 0 Å². The fourth-order valence-electron chi connectivity index (χ4n) is 2.64. The smallest absolute Gasteiger partial charge is 0.181 e. The number of sulfone groups is 1. The van der Waals surface area contributed by atoms with Crippen molar-refractivity contribution < 1.29 is 8.42 Å². The zero-order valence-electron chi connectivity index (χ0n) is 13.7. The molecule has 0 amide bonds. The fourth-order valence-corrected chi connectivity index (χ4v) is 4.50. The normalized spacial score (nSPS) is 17.0. The Labute approximate surface area is 130 Å². The van der Waals surface area contributed by atoms with Gasteiger partial charge < -0.3 is 0 Å². The Bertz CT molecular complexity index is 547. The summed E-state index contributed by atoms with van der Waals surface area (Å²) >= 11 is 0. The van der Waals surface area contributed by atoms with Crippen molar-refractivity contribution in [2.75, 3.05) is 0 Å². The van der Waals surface area contributed by atoms with Gasteiger partial charge in [0.05, 0.1) is 10.1 Å². The van der Waals surface area contributed by atoms with Gasteiger partial charge in [-0.15, -0.1) is 0 Å². The van der Waals surface area contributed by atoms with Crippen molar-refractivity contribution in [3.63, 3.8) is 0 Å². The van der Waals surface area contributed by atoms with Crippen LogP contribution in [0.3, 0.4) is 0 Å². The summed E-state index contributed by atoms with van der Waals surface area (Å²) in [6.45, 7) is 8.02. The standard InChI is InChI=1S/C16H22O2S.C2H6/c1-3-13(2)14-9-11-16(12-10-14)19(17,18)15-7-5-4-6-8-15;1-2/h3,9-12,15H,4-8H2,1-2H3;1-2H3/b13-3+;. The van der Waals surface area contributed by atoms with Crippen LogP contribution in [-0.2, 0) is 9.84 Å². The quantitative estimate of drug-likeness (QED) is 0.765. The topological polar surface area (TPSA) is 34.1 Å². The van der Waals surface area contributed by atoms with Crippen molar-refractivity contribution in [2.45, 2.75) is 69.9 Å². The molecule has 2 rings (SSSR count). The number of hydrogen-bond acceptors (Lipinski definition) is 2. The molecule has 1 aliphatic rings. The molecule has 1 fully saturated rings. The summed E-state index contributed by atoms with van der Waals surface area (Å²) < 4.78 is 25.0. The Morgan fingerprint density at radius 2 is 1.57 bits per heavy atom. The van der Waals surface area contributed by atoms with Crippen LogP contribution >= 0.6 is 0 Å². The Kier molecular flexibility index (Phi) is 7.16. The van der Waals surface area contributed by atoms with Crippen molar-refractivity contribution in [2.24, 2.45) is 0 Å². The maximum atomic E-state index is 12.5. The zero-order valence-corrected chi connectivity index (χ0v) is 14.5. The molecular weight excluding hydrogens is 280 g/mol. The highest BCUT2D eigenvalue weighted by Gasteiger charge is 2.28. The predicted octanol–water partition coefficient (Wildman–Crippen LogP) is 5.24. The number of benzene rings is 1. The molecule has 1 aliphatic carbocycles. The lowest BCUT2D eigenvalue weighted by Gasteiger charge is -2.21. The molecular formula is C18H28O2S. The fraction of sp³-hybridized carbons (Fsp3) is 0.556. The van der Waals surface area contributed by atoms with Crippen molar-refractivity contribution in [3.8, 4) is 0 Å². The highest BCUT2D eigenvalue weighted by atomic mass is 32.2. The highest BCUT2D eigenvalue weighted by molar-refractivity contribution is 7.92. The minimum atomic E-state index is -3.13. The van der Waals surface area contributed by atoms with Crippen molar-refractivity contribution in [3.05, 3.63) is 35.9 Å². The summed E-state index contributed by atoms with van der Waals surface area (Å²) in [4.78, 5) is 0.479. The molecule has 1 saturated carbocycles. The molecule has 21 heavy (non-hydrogen) atoms. The Morgan fingerprint density at radius 1 is 1.05 bits per heavy atom. The molecule has 0 unspecified atom stereocenters. The van der Waals surface area contributed by atoms with Gasteiger partial charge in [0.2, 0.25) is 0 Å². The first kappa shape index (κ1) is 18.0. The van der Waals surface area contributed by atoms with Gasteiger partial charge in [0, 0.05) is 0 Å². The summed E-state index contributed by atoms with van der Waals surface area (Å²) in [5.41, 5.74) is 2.26. The highest BCUT2D eigenvalue weighted by Crippen LogP contribution is 2.29. The second-order valence-corrected chi connectivity index (χ2v) is 7.53. The lowest BCUT2D eigenvalue weighted by Crippen LogP contribution is -2.24. The Hall–Kier alpha value is -1.09. The molecule has 0 aromatic heterocycles. The first-order valence-corrected chi connectivity index (χ1v) is 9.57. The van der Waals surface area contributed by atoms with Gasteiger partial charge >= 0.3 is 0 Å². The molecule has 118 valence electrons. The molecule has 0 aliphatic heterocycles. The molecule has 0 radical (unpaired) electrons. The molecule has 0 heterocycles. The van der Waals surface area contributed by atoms with Gasteiger partial charge in [-0.1, -0.05) is 51.3 Å². The van der Waals surface area contributed by atoms with Crippen molar-refractivity contribution in [1.29, 1.82) is 0 Å². The molecule has 0 N–H and O–H groups in total. The summed E-state index contributed by atoms with van der Waals surface area (Å²) in [6, 6.07) is 7.33. The Balaban J connectivity index is 0.00000106. The zero-order chi connectivity index (χ0) is 15.9. The summed E-state index contributed by atoms with van der Waals surface area (Å²) in [7, 11) is -3.13. The minimum absolute atomic E-state index is 0.171. The van der Waals surface area contributed by atoms with Crippen molar-refractivity contribution >= 4 is 15.4 Å².